The second-order valence-electron chi connectivity index (χ2n) is 4.85. The van der Waals surface area contributed by atoms with Gasteiger partial charge in [0.2, 0.25) is 0 Å². The Kier molecular flexibility index (Phi) is 3.26. The monoisotopic (exact) mass is 181 g/mol. The van der Waals surface area contributed by atoms with Gasteiger partial charge in [0.15, 0.2) is 0 Å². The van der Waals surface area contributed by atoms with Crippen LogP contribution in [0.25, 0.3) is 0 Å². The van der Waals surface area contributed by atoms with Gasteiger partial charge in [0.05, 0.1) is 0 Å². The van der Waals surface area contributed by atoms with Crippen molar-refractivity contribution < 1.29 is 0 Å². The molecule has 1 heteroatoms. The third-order valence-electron chi connectivity index (χ3n) is 3.92. The lowest BCUT2D eigenvalue weighted by molar-refractivity contribution is 0.263. The Morgan fingerprint density at radius 2 is 1.85 bits per heavy atom. The van der Waals surface area contributed by atoms with Gasteiger partial charge in [-0.25, -0.2) is 0 Å². The third-order valence-corrected chi connectivity index (χ3v) is 3.92. The summed E-state index contributed by atoms with van der Waals surface area (Å²) in [5.41, 5.74) is 0. The Hall–Kier alpha value is -0.0400. The Morgan fingerprint density at radius 3 is 2.54 bits per heavy atom. The molecule has 76 valence electrons. The van der Waals surface area contributed by atoms with Gasteiger partial charge < -0.3 is 5.32 Å². The highest BCUT2D eigenvalue weighted by atomic mass is 14.8. The molecule has 2 aliphatic rings. The molecule has 1 saturated carbocycles. The fourth-order valence-electron chi connectivity index (χ4n) is 3.05. The van der Waals surface area contributed by atoms with Gasteiger partial charge in [0, 0.05) is 0 Å². The summed E-state index contributed by atoms with van der Waals surface area (Å²) in [4.78, 5) is 0. The molecule has 0 radical (unpaired) electrons. The second-order valence-corrected chi connectivity index (χ2v) is 4.85. The Bertz CT molecular complexity index is 143. The highest BCUT2D eigenvalue weighted by molar-refractivity contribution is 4.86. The van der Waals surface area contributed by atoms with Crippen LogP contribution < -0.4 is 5.32 Å². The van der Waals surface area contributed by atoms with Crippen LogP contribution in [0.15, 0.2) is 0 Å². The Morgan fingerprint density at radius 1 is 1.08 bits per heavy atom. The largest absolute Gasteiger partial charge is 0.317 e. The van der Waals surface area contributed by atoms with E-state index >= 15 is 0 Å². The molecule has 1 aliphatic carbocycles. The van der Waals surface area contributed by atoms with E-state index in [0.29, 0.717) is 0 Å². The number of rotatable bonds is 3. The molecule has 2 unspecified atom stereocenters. The van der Waals surface area contributed by atoms with Gasteiger partial charge in [-0.2, -0.15) is 0 Å². The molecule has 1 heterocycles. The SMILES string of the molecule is CCC(C1CCCNCC1)C1CC1. The third kappa shape index (κ3) is 2.46. The molecular weight excluding hydrogens is 158 g/mol. The predicted octanol–water partition coefficient (Wildman–Crippen LogP) is 2.81. The van der Waals surface area contributed by atoms with Crippen molar-refractivity contribution in [3.63, 3.8) is 0 Å². The second kappa shape index (κ2) is 4.45. The van der Waals surface area contributed by atoms with Crippen LogP contribution in [0, 0.1) is 17.8 Å². The van der Waals surface area contributed by atoms with Crippen molar-refractivity contribution in [2.24, 2.45) is 17.8 Å². The smallest absolute Gasteiger partial charge is 0.00462 e. The van der Waals surface area contributed by atoms with Crippen LogP contribution in [0.4, 0.5) is 0 Å². The minimum atomic E-state index is 1.05. The van der Waals surface area contributed by atoms with E-state index in [2.05, 4.69) is 12.2 Å². The summed E-state index contributed by atoms with van der Waals surface area (Å²) < 4.78 is 0. The molecule has 2 atom stereocenters. The quantitative estimate of drug-likeness (QED) is 0.706. The molecule has 13 heavy (non-hydrogen) atoms. The van der Waals surface area contributed by atoms with E-state index in [1.165, 1.54) is 51.6 Å². The molecule has 0 bridgehead atoms. The van der Waals surface area contributed by atoms with Gasteiger partial charge in [-0.05, 0) is 62.9 Å². The summed E-state index contributed by atoms with van der Waals surface area (Å²) in [6.07, 6.45) is 8.82. The molecule has 0 aromatic carbocycles. The summed E-state index contributed by atoms with van der Waals surface area (Å²) in [5, 5.41) is 3.52. The maximum absolute atomic E-state index is 3.52. The topological polar surface area (TPSA) is 12.0 Å². The maximum atomic E-state index is 3.52. The molecule has 0 aromatic rings. The Balaban J connectivity index is 1.87. The van der Waals surface area contributed by atoms with Gasteiger partial charge >= 0.3 is 0 Å². The van der Waals surface area contributed by atoms with Crippen LogP contribution in [0.3, 0.4) is 0 Å². The average molecular weight is 181 g/mol. The summed E-state index contributed by atoms with van der Waals surface area (Å²) in [5.74, 6) is 3.24. The van der Waals surface area contributed by atoms with Crippen LogP contribution in [0.1, 0.15) is 45.4 Å². The highest BCUT2D eigenvalue weighted by Gasteiger charge is 2.34. The van der Waals surface area contributed by atoms with E-state index in [4.69, 9.17) is 0 Å². The van der Waals surface area contributed by atoms with Crippen molar-refractivity contribution in [3.05, 3.63) is 0 Å². The van der Waals surface area contributed by atoms with Crippen LogP contribution >= 0.6 is 0 Å². The summed E-state index contributed by atoms with van der Waals surface area (Å²) in [6, 6.07) is 0. The van der Waals surface area contributed by atoms with E-state index < -0.39 is 0 Å². The standard InChI is InChI=1S/C12H23N/c1-2-12(11-5-6-11)10-4-3-8-13-9-7-10/h10-13H,2-9H2,1H3. The van der Waals surface area contributed by atoms with Crippen molar-refractivity contribution in [1.29, 1.82) is 0 Å². The van der Waals surface area contributed by atoms with E-state index in [1.807, 2.05) is 0 Å². The fraction of sp³-hybridized carbons (Fsp3) is 1.00. The van der Waals surface area contributed by atoms with Crippen molar-refractivity contribution in [2.45, 2.75) is 45.4 Å². The molecular formula is C12H23N. The summed E-state index contributed by atoms with van der Waals surface area (Å²) >= 11 is 0. The lowest BCUT2D eigenvalue weighted by Gasteiger charge is -2.24. The average Bonchev–Trinajstić information content (AvgIpc) is 2.92. The van der Waals surface area contributed by atoms with Gasteiger partial charge in [0.1, 0.15) is 0 Å². The van der Waals surface area contributed by atoms with Crippen molar-refractivity contribution in [2.75, 3.05) is 13.1 Å². The lowest BCUT2D eigenvalue weighted by atomic mass is 9.81. The zero-order chi connectivity index (χ0) is 9.10. The zero-order valence-electron chi connectivity index (χ0n) is 8.89. The molecule has 1 aliphatic heterocycles. The van der Waals surface area contributed by atoms with E-state index in [0.717, 1.165) is 17.8 Å². The number of hydrogen-bond donors (Lipinski definition) is 1. The van der Waals surface area contributed by atoms with Crippen molar-refractivity contribution in [3.8, 4) is 0 Å². The molecule has 1 saturated heterocycles. The van der Waals surface area contributed by atoms with Crippen LogP contribution in [0.2, 0.25) is 0 Å². The summed E-state index contributed by atoms with van der Waals surface area (Å²) in [6.45, 7) is 4.92. The van der Waals surface area contributed by atoms with Crippen LogP contribution in [-0.4, -0.2) is 13.1 Å². The van der Waals surface area contributed by atoms with Crippen molar-refractivity contribution >= 4 is 0 Å². The lowest BCUT2D eigenvalue weighted by Crippen LogP contribution is -2.18. The normalized spacial score (nSPS) is 32.5. The molecule has 2 fully saturated rings. The maximum Gasteiger partial charge on any atom is -0.00462 e. The molecule has 1 nitrogen and oxygen atoms in total. The van der Waals surface area contributed by atoms with Gasteiger partial charge in [-0.15, -0.1) is 0 Å². The first-order valence-corrected chi connectivity index (χ1v) is 6.12. The van der Waals surface area contributed by atoms with Gasteiger partial charge in [0.25, 0.3) is 0 Å². The predicted molar refractivity (Wildman–Crippen MR) is 56.7 cm³/mol. The first-order chi connectivity index (χ1) is 6.42. The molecule has 0 spiro atoms. The number of hydrogen-bond acceptors (Lipinski definition) is 1. The molecule has 0 amide bonds. The molecule has 2 rings (SSSR count). The zero-order valence-corrected chi connectivity index (χ0v) is 8.89. The molecule has 0 aromatic heterocycles. The number of nitrogens with one attached hydrogen (secondary N) is 1. The Labute approximate surface area is 82.3 Å². The first-order valence-electron chi connectivity index (χ1n) is 6.12. The fourth-order valence-corrected chi connectivity index (χ4v) is 3.05. The van der Waals surface area contributed by atoms with E-state index in [1.54, 1.807) is 0 Å². The minimum absolute atomic E-state index is 1.05. The highest BCUT2D eigenvalue weighted by Crippen LogP contribution is 2.44. The van der Waals surface area contributed by atoms with Gasteiger partial charge in [-0.1, -0.05) is 13.3 Å². The summed E-state index contributed by atoms with van der Waals surface area (Å²) in [7, 11) is 0. The van der Waals surface area contributed by atoms with Crippen LogP contribution in [-0.2, 0) is 0 Å². The molecule has 1 N–H and O–H groups in total. The van der Waals surface area contributed by atoms with E-state index in [9.17, 15) is 0 Å². The van der Waals surface area contributed by atoms with E-state index in [-0.39, 0.29) is 0 Å². The first kappa shape index (κ1) is 9.51. The van der Waals surface area contributed by atoms with Gasteiger partial charge in [-0.3, -0.25) is 0 Å². The van der Waals surface area contributed by atoms with Crippen LogP contribution in [0.5, 0.6) is 0 Å². The van der Waals surface area contributed by atoms with Crippen molar-refractivity contribution in [1.82, 2.24) is 5.32 Å². The minimum Gasteiger partial charge on any atom is -0.317 e.